The van der Waals surface area contributed by atoms with Gasteiger partial charge in [0.05, 0.1) is 12.9 Å². The van der Waals surface area contributed by atoms with Crippen molar-refractivity contribution in [3.8, 4) is 0 Å². The molecule has 1 aromatic carbocycles. The largest absolute Gasteiger partial charge is 0.443 e. The van der Waals surface area contributed by atoms with E-state index in [9.17, 15) is 9.59 Å². The summed E-state index contributed by atoms with van der Waals surface area (Å²) in [4.78, 5) is 39.3. The second kappa shape index (κ2) is 8.74. The number of rotatable bonds is 3. The number of fused-ring (bicyclic) bond motifs is 1. The van der Waals surface area contributed by atoms with Crippen LogP contribution in [0.1, 0.15) is 47.1 Å². The highest BCUT2D eigenvalue weighted by Crippen LogP contribution is 2.25. The molecule has 0 unspecified atom stereocenters. The van der Waals surface area contributed by atoms with Crippen molar-refractivity contribution in [2.45, 2.75) is 59.3 Å². The normalized spacial score (nSPS) is 12.0. The second-order valence-electron chi connectivity index (χ2n) is 9.14. The molecular weight excluding hydrogens is 434 g/mol. The van der Waals surface area contributed by atoms with E-state index in [4.69, 9.17) is 21.1 Å². The average molecular weight is 460 g/mol. The van der Waals surface area contributed by atoms with Crippen molar-refractivity contribution in [1.82, 2.24) is 19.5 Å². The second-order valence-corrected chi connectivity index (χ2v) is 9.50. The summed E-state index contributed by atoms with van der Waals surface area (Å²) in [6.07, 6.45) is -0.375. The smallest absolute Gasteiger partial charge is 0.427 e. The molecule has 10 heteroatoms. The number of benzene rings is 1. The first-order valence-electron chi connectivity index (χ1n) is 10.0. The van der Waals surface area contributed by atoms with Crippen molar-refractivity contribution in [3.05, 3.63) is 47.4 Å². The number of aromatic nitrogens is 4. The maximum absolute atomic E-state index is 12.9. The minimum atomic E-state index is -0.976. The van der Waals surface area contributed by atoms with Crippen LogP contribution in [0.4, 0.5) is 15.5 Å². The maximum atomic E-state index is 12.9. The quantitative estimate of drug-likeness (QED) is 0.496. The number of imide groups is 1. The van der Waals surface area contributed by atoms with Gasteiger partial charge in [0.2, 0.25) is 5.95 Å². The zero-order valence-electron chi connectivity index (χ0n) is 18.9. The summed E-state index contributed by atoms with van der Waals surface area (Å²) >= 11 is 6.34. The molecule has 0 aliphatic carbocycles. The number of nitrogens with zero attached hydrogens (tertiary/aromatic N) is 5. The van der Waals surface area contributed by atoms with Crippen LogP contribution in [0.25, 0.3) is 11.2 Å². The molecule has 9 nitrogen and oxygen atoms in total. The Kier molecular flexibility index (Phi) is 6.41. The Morgan fingerprint density at radius 1 is 0.969 bits per heavy atom. The molecule has 3 rings (SSSR count). The topological polar surface area (TPSA) is 99.4 Å². The molecule has 0 fully saturated rings. The van der Waals surface area contributed by atoms with E-state index in [2.05, 4.69) is 15.0 Å². The van der Waals surface area contributed by atoms with E-state index >= 15 is 0 Å². The number of hydrogen-bond donors (Lipinski definition) is 0. The zero-order valence-corrected chi connectivity index (χ0v) is 19.7. The van der Waals surface area contributed by atoms with Crippen molar-refractivity contribution in [3.63, 3.8) is 0 Å². The lowest BCUT2D eigenvalue weighted by Crippen LogP contribution is -2.44. The molecule has 2 aromatic heterocycles. The number of carbonyl (C=O) groups excluding carboxylic acids is 2. The molecule has 0 aliphatic heterocycles. The van der Waals surface area contributed by atoms with Crippen LogP contribution in [-0.2, 0) is 16.0 Å². The van der Waals surface area contributed by atoms with Crippen LogP contribution in [0, 0.1) is 0 Å². The Hall–Kier alpha value is -3.20. The fraction of sp³-hybridized carbons (Fsp3) is 0.409. The van der Waals surface area contributed by atoms with E-state index in [1.807, 2.05) is 30.3 Å². The van der Waals surface area contributed by atoms with E-state index in [1.54, 1.807) is 52.4 Å². The first-order chi connectivity index (χ1) is 14.8. The van der Waals surface area contributed by atoms with Crippen molar-refractivity contribution in [2.24, 2.45) is 0 Å². The lowest BCUT2D eigenvalue weighted by molar-refractivity contribution is 0.0427. The predicted octanol–water partition coefficient (Wildman–Crippen LogP) is 5.20. The highest BCUT2D eigenvalue weighted by atomic mass is 35.5. The number of halogens is 1. The van der Waals surface area contributed by atoms with Gasteiger partial charge in [0.15, 0.2) is 10.8 Å². The summed E-state index contributed by atoms with van der Waals surface area (Å²) in [5.74, 6) is -0.263. The van der Waals surface area contributed by atoms with Gasteiger partial charge >= 0.3 is 12.2 Å². The number of ether oxygens (including phenoxy) is 2. The lowest BCUT2D eigenvalue weighted by atomic mass is 10.2. The van der Waals surface area contributed by atoms with Crippen molar-refractivity contribution < 1.29 is 19.1 Å². The van der Waals surface area contributed by atoms with Gasteiger partial charge in [-0.15, -0.1) is 4.90 Å². The summed E-state index contributed by atoms with van der Waals surface area (Å²) in [5, 5.41) is -0.00562. The Morgan fingerprint density at radius 2 is 1.53 bits per heavy atom. The van der Waals surface area contributed by atoms with Crippen molar-refractivity contribution in [1.29, 1.82) is 0 Å². The van der Waals surface area contributed by atoms with Crippen LogP contribution in [0.15, 0.2) is 36.7 Å². The third kappa shape index (κ3) is 5.73. The van der Waals surface area contributed by atoms with E-state index in [0.717, 1.165) is 5.56 Å². The standard InChI is InChI=1S/C22H26ClN5O4/c1-21(2,3)31-19(29)28(20(30)32-22(4,5)6)18-25-16(23)15-17(26-18)27(13-24-15)12-14-10-8-7-9-11-14/h7-11,13H,12H2,1-6H3. The van der Waals surface area contributed by atoms with Crippen LogP contribution >= 0.6 is 11.6 Å². The molecule has 0 N–H and O–H groups in total. The van der Waals surface area contributed by atoms with E-state index in [0.29, 0.717) is 22.6 Å². The zero-order chi connectivity index (χ0) is 23.7. The molecule has 3 aromatic rings. The highest BCUT2D eigenvalue weighted by molar-refractivity contribution is 6.33. The summed E-state index contributed by atoms with van der Waals surface area (Å²) in [6.45, 7) is 10.6. The molecule has 2 heterocycles. The van der Waals surface area contributed by atoms with Gasteiger partial charge in [0.25, 0.3) is 0 Å². The molecule has 0 spiro atoms. The Bertz CT molecular complexity index is 1100. The molecule has 0 bridgehead atoms. The number of anilines is 1. The fourth-order valence-corrected chi connectivity index (χ4v) is 2.96. The third-order valence-corrected chi connectivity index (χ3v) is 4.22. The minimum Gasteiger partial charge on any atom is -0.443 e. The fourth-order valence-electron chi connectivity index (χ4n) is 2.75. The maximum Gasteiger partial charge on any atom is 0.427 e. The SMILES string of the molecule is CC(C)(C)OC(=O)N(C(=O)OC(C)(C)C)c1nc(Cl)c2ncn(Cc3ccccc3)c2n1. The van der Waals surface area contributed by atoms with Crippen LogP contribution in [-0.4, -0.2) is 42.9 Å². The predicted molar refractivity (Wildman–Crippen MR) is 121 cm³/mol. The monoisotopic (exact) mass is 459 g/mol. The molecule has 0 radical (unpaired) electrons. The van der Waals surface area contributed by atoms with Crippen LogP contribution < -0.4 is 4.90 Å². The molecule has 0 saturated carbocycles. The van der Waals surface area contributed by atoms with Gasteiger partial charge in [0.1, 0.15) is 16.7 Å². The molecular formula is C22H26ClN5O4. The lowest BCUT2D eigenvalue weighted by Gasteiger charge is -2.27. The molecule has 0 atom stereocenters. The summed E-state index contributed by atoms with van der Waals surface area (Å²) in [5.41, 5.74) is 0.000524. The summed E-state index contributed by atoms with van der Waals surface area (Å²) in [6, 6.07) is 9.70. The third-order valence-electron chi connectivity index (χ3n) is 3.96. The molecule has 0 saturated heterocycles. The molecule has 170 valence electrons. The van der Waals surface area contributed by atoms with Gasteiger partial charge in [-0.3, -0.25) is 0 Å². The van der Waals surface area contributed by atoms with E-state index in [1.165, 1.54) is 0 Å². The minimum absolute atomic E-state index is 0.00562. The summed E-state index contributed by atoms with van der Waals surface area (Å²) in [7, 11) is 0. The number of carbonyl (C=O) groups is 2. The van der Waals surface area contributed by atoms with Crippen LogP contribution in [0.2, 0.25) is 5.15 Å². The highest BCUT2D eigenvalue weighted by Gasteiger charge is 2.35. The number of imidazole rings is 1. The molecule has 32 heavy (non-hydrogen) atoms. The number of hydrogen-bond acceptors (Lipinski definition) is 7. The van der Waals surface area contributed by atoms with Gasteiger partial charge in [0, 0.05) is 0 Å². The average Bonchev–Trinajstić information content (AvgIpc) is 3.03. The van der Waals surface area contributed by atoms with Crippen molar-refractivity contribution >= 4 is 40.9 Å². The van der Waals surface area contributed by atoms with Crippen LogP contribution in [0.3, 0.4) is 0 Å². The van der Waals surface area contributed by atoms with Crippen molar-refractivity contribution in [2.75, 3.05) is 4.90 Å². The van der Waals surface area contributed by atoms with Gasteiger partial charge in [-0.05, 0) is 47.1 Å². The number of amides is 2. The molecule has 2 amide bonds. The van der Waals surface area contributed by atoms with Gasteiger partial charge < -0.3 is 14.0 Å². The van der Waals surface area contributed by atoms with E-state index < -0.39 is 23.4 Å². The Morgan fingerprint density at radius 3 is 2.06 bits per heavy atom. The molecule has 0 aliphatic rings. The van der Waals surface area contributed by atoms with Gasteiger partial charge in [-0.1, -0.05) is 41.9 Å². The van der Waals surface area contributed by atoms with Gasteiger partial charge in [-0.25, -0.2) is 14.6 Å². The Balaban J connectivity index is 2.07. The first kappa shape index (κ1) is 23.5. The first-order valence-corrected chi connectivity index (χ1v) is 10.4. The van der Waals surface area contributed by atoms with E-state index in [-0.39, 0.29) is 11.1 Å². The van der Waals surface area contributed by atoms with Crippen LogP contribution in [0.5, 0.6) is 0 Å². The van der Waals surface area contributed by atoms with Gasteiger partial charge in [-0.2, -0.15) is 9.97 Å². The Labute approximate surface area is 191 Å². The summed E-state index contributed by atoms with van der Waals surface area (Å²) < 4.78 is 12.5.